The number of amides is 1. The zero-order valence-corrected chi connectivity index (χ0v) is 18.6. The molecule has 9 heteroatoms. The highest BCUT2D eigenvalue weighted by Crippen LogP contribution is 2.35. The fourth-order valence-electron chi connectivity index (χ4n) is 3.54. The number of carbonyl (C=O) groups is 1. The summed E-state index contributed by atoms with van der Waals surface area (Å²) in [6.45, 7) is 11.0. The van der Waals surface area contributed by atoms with Crippen LogP contribution in [-0.4, -0.2) is 57.1 Å². The number of rotatable bonds is 4. The van der Waals surface area contributed by atoms with Gasteiger partial charge in [0.15, 0.2) is 5.82 Å². The number of hydrogen-bond donors (Lipinski definition) is 1. The van der Waals surface area contributed by atoms with Gasteiger partial charge in [-0.3, -0.25) is 4.79 Å². The molecule has 1 fully saturated rings. The maximum atomic E-state index is 13.8. The van der Waals surface area contributed by atoms with E-state index in [1.807, 2.05) is 22.4 Å². The summed E-state index contributed by atoms with van der Waals surface area (Å²) < 4.78 is 15.6. The first-order chi connectivity index (χ1) is 14.2. The van der Waals surface area contributed by atoms with Crippen LogP contribution in [0, 0.1) is 5.82 Å². The Kier molecular flexibility index (Phi) is 5.40. The molecule has 3 heterocycles. The Balaban J connectivity index is 1.67. The van der Waals surface area contributed by atoms with Crippen LogP contribution in [0.4, 0.5) is 15.3 Å². The second-order valence-corrected chi connectivity index (χ2v) is 9.43. The molecule has 0 bridgehead atoms. The van der Waals surface area contributed by atoms with Crippen LogP contribution in [0.25, 0.3) is 16.2 Å². The maximum Gasteiger partial charge on any atom is 0.222 e. The van der Waals surface area contributed by atoms with E-state index in [1.165, 1.54) is 23.5 Å². The second-order valence-electron chi connectivity index (χ2n) is 8.49. The zero-order chi connectivity index (χ0) is 21.5. The molecule has 0 aliphatic carbocycles. The lowest BCUT2D eigenvalue weighted by Crippen LogP contribution is -2.48. The summed E-state index contributed by atoms with van der Waals surface area (Å²) in [5.41, 5.74) is 1.19. The first-order valence-corrected chi connectivity index (χ1v) is 11.0. The summed E-state index contributed by atoms with van der Waals surface area (Å²) >= 11 is 1.51. The van der Waals surface area contributed by atoms with Crippen molar-refractivity contribution in [2.24, 2.45) is 0 Å². The average Bonchev–Trinajstić information content (AvgIpc) is 3.26. The van der Waals surface area contributed by atoms with Gasteiger partial charge < -0.3 is 15.1 Å². The van der Waals surface area contributed by atoms with Crippen LogP contribution in [0.3, 0.4) is 0 Å². The highest BCUT2D eigenvalue weighted by Gasteiger charge is 2.26. The SMILES string of the molecule is CCC(=O)N1CCN(c2nn3c(NC(C)(C)C)c(-c4cccc(F)c4)nc3s2)CC1. The van der Waals surface area contributed by atoms with E-state index in [0.717, 1.165) is 29.0 Å². The van der Waals surface area contributed by atoms with Crippen LogP contribution in [0.2, 0.25) is 0 Å². The monoisotopic (exact) mass is 430 g/mol. The van der Waals surface area contributed by atoms with E-state index in [4.69, 9.17) is 10.1 Å². The van der Waals surface area contributed by atoms with Crippen LogP contribution >= 0.6 is 11.3 Å². The van der Waals surface area contributed by atoms with Gasteiger partial charge in [0.25, 0.3) is 0 Å². The number of piperazine rings is 1. The van der Waals surface area contributed by atoms with Crippen molar-refractivity contribution in [1.29, 1.82) is 0 Å². The highest BCUT2D eigenvalue weighted by molar-refractivity contribution is 7.20. The van der Waals surface area contributed by atoms with Crippen molar-refractivity contribution in [2.45, 2.75) is 39.7 Å². The molecule has 1 N–H and O–H groups in total. The largest absolute Gasteiger partial charge is 0.364 e. The van der Waals surface area contributed by atoms with Gasteiger partial charge in [0.05, 0.1) is 0 Å². The molecule has 1 aromatic carbocycles. The molecular weight excluding hydrogens is 403 g/mol. The van der Waals surface area contributed by atoms with Crippen molar-refractivity contribution in [1.82, 2.24) is 19.5 Å². The first kappa shape index (κ1) is 20.6. The predicted molar refractivity (Wildman–Crippen MR) is 119 cm³/mol. The Morgan fingerprint density at radius 1 is 1.23 bits per heavy atom. The lowest BCUT2D eigenvalue weighted by atomic mass is 10.1. The Labute approximate surface area is 179 Å². The van der Waals surface area contributed by atoms with Crippen molar-refractivity contribution in [3.8, 4) is 11.3 Å². The van der Waals surface area contributed by atoms with Gasteiger partial charge in [-0.15, -0.1) is 5.10 Å². The number of halogens is 1. The van der Waals surface area contributed by atoms with Gasteiger partial charge in [0.2, 0.25) is 16.0 Å². The third-order valence-corrected chi connectivity index (χ3v) is 5.96. The first-order valence-electron chi connectivity index (χ1n) is 10.2. The van der Waals surface area contributed by atoms with Crippen LogP contribution in [0.5, 0.6) is 0 Å². The van der Waals surface area contributed by atoms with Gasteiger partial charge >= 0.3 is 0 Å². The molecule has 0 spiro atoms. The average molecular weight is 431 g/mol. The Morgan fingerprint density at radius 3 is 2.60 bits per heavy atom. The minimum Gasteiger partial charge on any atom is -0.364 e. The Bertz CT molecular complexity index is 1060. The quantitative estimate of drug-likeness (QED) is 0.681. The molecule has 1 aliphatic heterocycles. The number of imidazole rings is 1. The predicted octanol–water partition coefficient (Wildman–Crippen LogP) is 3.87. The molecule has 1 amide bonds. The summed E-state index contributed by atoms with van der Waals surface area (Å²) in [6, 6.07) is 6.46. The molecule has 7 nitrogen and oxygen atoms in total. The summed E-state index contributed by atoms with van der Waals surface area (Å²) in [7, 11) is 0. The minimum absolute atomic E-state index is 0.194. The van der Waals surface area contributed by atoms with Gasteiger partial charge in [-0.1, -0.05) is 30.4 Å². The van der Waals surface area contributed by atoms with Gasteiger partial charge in [0.1, 0.15) is 11.5 Å². The number of fused-ring (bicyclic) bond motifs is 1. The van der Waals surface area contributed by atoms with Crippen LogP contribution in [0.15, 0.2) is 24.3 Å². The molecule has 1 aliphatic rings. The van der Waals surface area contributed by atoms with Crippen molar-refractivity contribution < 1.29 is 9.18 Å². The number of anilines is 2. The molecule has 0 saturated carbocycles. The molecule has 30 heavy (non-hydrogen) atoms. The van der Waals surface area contributed by atoms with Gasteiger partial charge in [-0.2, -0.15) is 4.52 Å². The molecule has 1 saturated heterocycles. The molecule has 0 unspecified atom stereocenters. The van der Waals surface area contributed by atoms with E-state index < -0.39 is 0 Å². The number of benzene rings is 1. The third-order valence-electron chi connectivity index (χ3n) is 4.99. The number of aromatic nitrogens is 3. The summed E-state index contributed by atoms with van der Waals surface area (Å²) in [6.07, 6.45) is 0.537. The Morgan fingerprint density at radius 2 is 1.97 bits per heavy atom. The molecule has 3 aromatic rings. The van der Waals surface area contributed by atoms with E-state index in [0.29, 0.717) is 30.8 Å². The maximum absolute atomic E-state index is 13.8. The molecular formula is C21H27FN6OS. The second kappa shape index (κ2) is 7.86. The van der Waals surface area contributed by atoms with E-state index >= 15 is 0 Å². The van der Waals surface area contributed by atoms with Gasteiger partial charge in [-0.25, -0.2) is 9.37 Å². The van der Waals surface area contributed by atoms with E-state index in [1.54, 1.807) is 6.07 Å². The Hall–Kier alpha value is -2.68. The lowest BCUT2D eigenvalue weighted by molar-refractivity contribution is -0.131. The highest BCUT2D eigenvalue weighted by atomic mass is 32.1. The van der Waals surface area contributed by atoms with Crippen molar-refractivity contribution >= 4 is 33.2 Å². The standard InChI is InChI=1S/C21H27FN6OS/c1-5-16(29)26-9-11-27(12-10-26)20-25-28-18(24-21(2,3)4)17(23-19(28)30-20)14-7-6-8-15(22)13-14/h6-8,13,24H,5,9-12H2,1-4H3. The normalized spacial score (nSPS) is 15.1. The third kappa shape index (κ3) is 4.12. The number of carbonyl (C=O) groups excluding carboxylic acids is 1. The fourth-order valence-corrected chi connectivity index (χ4v) is 4.49. The summed E-state index contributed by atoms with van der Waals surface area (Å²) in [4.78, 5) is 21.6. The molecule has 160 valence electrons. The van der Waals surface area contributed by atoms with Gasteiger partial charge in [0, 0.05) is 43.7 Å². The molecule has 0 atom stereocenters. The number of nitrogens with zero attached hydrogens (tertiary/aromatic N) is 5. The van der Waals surface area contributed by atoms with Crippen LogP contribution in [-0.2, 0) is 4.79 Å². The number of hydrogen-bond acceptors (Lipinski definition) is 6. The topological polar surface area (TPSA) is 65.8 Å². The van der Waals surface area contributed by atoms with E-state index in [-0.39, 0.29) is 17.3 Å². The molecule has 2 aromatic heterocycles. The van der Waals surface area contributed by atoms with Crippen molar-refractivity contribution in [3.63, 3.8) is 0 Å². The fraction of sp³-hybridized carbons (Fsp3) is 0.476. The zero-order valence-electron chi connectivity index (χ0n) is 17.8. The van der Waals surface area contributed by atoms with E-state index in [9.17, 15) is 9.18 Å². The van der Waals surface area contributed by atoms with Crippen LogP contribution < -0.4 is 10.2 Å². The minimum atomic E-state index is -0.293. The van der Waals surface area contributed by atoms with Crippen molar-refractivity contribution in [2.75, 3.05) is 36.4 Å². The number of nitrogens with one attached hydrogen (secondary N) is 1. The molecule has 0 radical (unpaired) electrons. The van der Waals surface area contributed by atoms with E-state index in [2.05, 4.69) is 31.0 Å². The van der Waals surface area contributed by atoms with Gasteiger partial charge in [-0.05, 0) is 32.9 Å². The smallest absolute Gasteiger partial charge is 0.222 e. The van der Waals surface area contributed by atoms with Crippen molar-refractivity contribution in [3.05, 3.63) is 30.1 Å². The lowest BCUT2D eigenvalue weighted by Gasteiger charge is -2.34. The summed E-state index contributed by atoms with van der Waals surface area (Å²) in [5.74, 6) is 0.657. The molecule has 4 rings (SSSR count). The summed E-state index contributed by atoms with van der Waals surface area (Å²) in [5, 5.41) is 9.18. The van der Waals surface area contributed by atoms with Crippen LogP contribution in [0.1, 0.15) is 34.1 Å².